The maximum absolute atomic E-state index is 3.43. The van der Waals surface area contributed by atoms with Gasteiger partial charge in [0.2, 0.25) is 0 Å². The monoisotopic (exact) mass is 220 g/mol. The Morgan fingerprint density at radius 3 is 2.06 bits per heavy atom. The molecule has 0 bridgehead atoms. The fraction of sp³-hybridized carbons (Fsp3) is 0.571. The van der Waals surface area contributed by atoms with Crippen LogP contribution in [0.15, 0.2) is 24.3 Å². The Kier molecular flexibility index (Phi) is 5.17. The van der Waals surface area contributed by atoms with E-state index in [1.807, 2.05) is 0 Å². The highest BCUT2D eigenvalue weighted by molar-refractivity contribution is 5.55. The molecule has 1 aromatic rings. The van der Waals surface area contributed by atoms with Crippen LogP contribution >= 0.6 is 0 Å². The van der Waals surface area contributed by atoms with Gasteiger partial charge in [-0.25, -0.2) is 0 Å². The van der Waals surface area contributed by atoms with Crippen molar-refractivity contribution in [2.24, 2.45) is 5.92 Å². The average Bonchev–Trinajstić information content (AvgIpc) is 2.29. The smallest absolute Gasteiger partial charge is 0.0367 e. The lowest BCUT2D eigenvalue weighted by molar-refractivity contribution is 0.689. The zero-order valence-corrected chi connectivity index (χ0v) is 11.0. The zero-order chi connectivity index (χ0) is 12.0. The molecule has 2 nitrogen and oxygen atoms in total. The van der Waals surface area contributed by atoms with E-state index in [4.69, 9.17) is 0 Å². The quantitative estimate of drug-likeness (QED) is 0.788. The van der Waals surface area contributed by atoms with Crippen molar-refractivity contribution in [2.75, 3.05) is 29.9 Å². The normalized spacial score (nSPS) is 10.6. The second kappa shape index (κ2) is 6.41. The van der Waals surface area contributed by atoms with Crippen molar-refractivity contribution in [2.45, 2.75) is 27.7 Å². The average molecular weight is 220 g/mol. The van der Waals surface area contributed by atoms with Gasteiger partial charge in [-0.3, -0.25) is 0 Å². The van der Waals surface area contributed by atoms with Gasteiger partial charge in [-0.1, -0.05) is 13.8 Å². The number of rotatable bonds is 6. The van der Waals surface area contributed by atoms with Crippen LogP contribution in [0.1, 0.15) is 27.7 Å². The molecular weight excluding hydrogens is 196 g/mol. The van der Waals surface area contributed by atoms with Crippen molar-refractivity contribution in [3.05, 3.63) is 24.3 Å². The van der Waals surface area contributed by atoms with Crippen molar-refractivity contribution in [3.8, 4) is 0 Å². The van der Waals surface area contributed by atoms with E-state index < -0.39 is 0 Å². The van der Waals surface area contributed by atoms with Crippen molar-refractivity contribution in [1.82, 2.24) is 0 Å². The molecule has 1 N–H and O–H groups in total. The molecular formula is C14H24N2. The highest BCUT2D eigenvalue weighted by Crippen LogP contribution is 2.17. The molecule has 0 aliphatic rings. The van der Waals surface area contributed by atoms with E-state index in [-0.39, 0.29) is 0 Å². The van der Waals surface area contributed by atoms with E-state index in [1.54, 1.807) is 0 Å². The third-order valence-electron chi connectivity index (χ3n) is 2.71. The summed E-state index contributed by atoms with van der Waals surface area (Å²) in [5.74, 6) is 0.683. The van der Waals surface area contributed by atoms with Gasteiger partial charge in [0.1, 0.15) is 0 Å². The number of nitrogens with one attached hydrogen (secondary N) is 1. The molecule has 2 heteroatoms. The predicted molar refractivity (Wildman–Crippen MR) is 73.3 cm³/mol. The summed E-state index contributed by atoms with van der Waals surface area (Å²) in [5, 5.41) is 3.43. The number of anilines is 2. The van der Waals surface area contributed by atoms with Crippen LogP contribution in [0.2, 0.25) is 0 Å². The molecule has 0 aliphatic heterocycles. The van der Waals surface area contributed by atoms with E-state index in [2.05, 4.69) is 62.2 Å². The molecule has 0 saturated heterocycles. The molecule has 0 aliphatic carbocycles. The Labute approximate surface area is 99.7 Å². The summed E-state index contributed by atoms with van der Waals surface area (Å²) < 4.78 is 0. The van der Waals surface area contributed by atoms with Gasteiger partial charge in [0.05, 0.1) is 0 Å². The van der Waals surface area contributed by atoms with Crippen LogP contribution in [0.4, 0.5) is 11.4 Å². The van der Waals surface area contributed by atoms with Gasteiger partial charge < -0.3 is 10.2 Å². The van der Waals surface area contributed by atoms with Crippen LogP contribution in [0.5, 0.6) is 0 Å². The minimum atomic E-state index is 0.683. The van der Waals surface area contributed by atoms with Gasteiger partial charge in [-0.2, -0.15) is 0 Å². The zero-order valence-electron chi connectivity index (χ0n) is 11.0. The minimum Gasteiger partial charge on any atom is -0.385 e. The molecule has 1 aromatic carbocycles. The van der Waals surface area contributed by atoms with Crippen molar-refractivity contribution < 1.29 is 0 Å². The predicted octanol–water partition coefficient (Wildman–Crippen LogP) is 3.60. The molecule has 90 valence electrons. The molecule has 0 saturated carbocycles. The third kappa shape index (κ3) is 3.76. The highest BCUT2D eigenvalue weighted by Gasteiger charge is 2.01. The SMILES string of the molecule is CCN(CC)c1ccc(NCC(C)C)cc1. The van der Waals surface area contributed by atoms with E-state index in [1.165, 1.54) is 11.4 Å². The number of hydrogen-bond donors (Lipinski definition) is 1. The highest BCUT2D eigenvalue weighted by atomic mass is 15.1. The lowest BCUT2D eigenvalue weighted by atomic mass is 10.2. The molecule has 0 fully saturated rings. The van der Waals surface area contributed by atoms with E-state index in [0.29, 0.717) is 5.92 Å². The molecule has 1 rings (SSSR count). The van der Waals surface area contributed by atoms with Gasteiger partial charge >= 0.3 is 0 Å². The van der Waals surface area contributed by atoms with Gasteiger partial charge in [0.25, 0.3) is 0 Å². The minimum absolute atomic E-state index is 0.683. The van der Waals surface area contributed by atoms with Gasteiger partial charge in [0.15, 0.2) is 0 Å². The van der Waals surface area contributed by atoms with Crippen molar-refractivity contribution in [1.29, 1.82) is 0 Å². The molecule has 0 atom stereocenters. The summed E-state index contributed by atoms with van der Waals surface area (Å²) >= 11 is 0. The first-order chi connectivity index (χ1) is 7.67. The van der Waals surface area contributed by atoms with Crippen LogP contribution in [-0.2, 0) is 0 Å². The first kappa shape index (κ1) is 12.9. The fourth-order valence-corrected chi connectivity index (χ4v) is 1.70. The van der Waals surface area contributed by atoms with Gasteiger partial charge in [0, 0.05) is 31.0 Å². The maximum Gasteiger partial charge on any atom is 0.0367 e. The summed E-state index contributed by atoms with van der Waals surface area (Å²) in [6.45, 7) is 12.0. The van der Waals surface area contributed by atoms with Crippen molar-refractivity contribution >= 4 is 11.4 Å². The summed E-state index contributed by atoms with van der Waals surface area (Å²) in [4.78, 5) is 2.35. The molecule has 16 heavy (non-hydrogen) atoms. The Morgan fingerprint density at radius 2 is 1.62 bits per heavy atom. The second-order valence-corrected chi connectivity index (χ2v) is 4.49. The van der Waals surface area contributed by atoms with Crippen LogP contribution < -0.4 is 10.2 Å². The van der Waals surface area contributed by atoms with Crippen LogP contribution in [0, 0.1) is 5.92 Å². The first-order valence-corrected chi connectivity index (χ1v) is 6.26. The largest absolute Gasteiger partial charge is 0.385 e. The Balaban J connectivity index is 2.60. The standard InChI is InChI=1S/C14H24N2/c1-5-16(6-2)14-9-7-13(8-10-14)15-11-12(3)4/h7-10,12,15H,5-6,11H2,1-4H3. The van der Waals surface area contributed by atoms with E-state index in [0.717, 1.165) is 19.6 Å². The molecule has 0 radical (unpaired) electrons. The number of hydrogen-bond acceptors (Lipinski definition) is 2. The van der Waals surface area contributed by atoms with Crippen LogP contribution in [0.25, 0.3) is 0 Å². The number of benzene rings is 1. The summed E-state index contributed by atoms with van der Waals surface area (Å²) in [6.07, 6.45) is 0. The van der Waals surface area contributed by atoms with Crippen LogP contribution in [0.3, 0.4) is 0 Å². The lowest BCUT2D eigenvalue weighted by Gasteiger charge is -2.21. The van der Waals surface area contributed by atoms with Crippen LogP contribution in [-0.4, -0.2) is 19.6 Å². The first-order valence-electron chi connectivity index (χ1n) is 6.26. The molecule has 0 spiro atoms. The number of nitrogens with zero attached hydrogens (tertiary/aromatic N) is 1. The van der Waals surface area contributed by atoms with Gasteiger partial charge in [-0.05, 0) is 44.0 Å². The summed E-state index contributed by atoms with van der Waals surface area (Å²) in [6, 6.07) is 8.71. The van der Waals surface area contributed by atoms with Crippen molar-refractivity contribution in [3.63, 3.8) is 0 Å². The van der Waals surface area contributed by atoms with E-state index in [9.17, 15) is 0 Å². The molecule has 0 amide bonds. The molecule has 0 heterocycles. The Bertz CT molecular complexity index is 286. The molecule has 0 unspecified atom stereocenters. The van der Waals surface area contributed by atoms with Gasteiger partial charge in [-0.15, -0.1) is 0 Å². The topological polar surface area (TPSA) is 15.3 Å². The summed E-state index contributed by atoms with van der Waals surface area (Å²) in [5.41, 5.74) is 2.52. The maximum atomic E-state index is 3.43. The van der Waals surface area contributed by atoms with E-state index >= 15 is 0 Å². The molecule has 0 aromatic heterocycles. The Hall–Kier alpha value is -1.18. The summed E-state index contributed by atoms with van der Waals surface area (Å²) in [7, 11) is 0. The third-order valence-corrected chi connectivity index (χ3v) is 2.71. The Morgan fingerprint density at radius 1 is 1.06 bits per heavy atom. The fourth-order valence-electron chi connectivity index (χ4n) is 1.70. The lowest BCUT2D eigenvalue weighted by Crippen LogP contribution is -2.21. The second-order valence-electron chi connectivity index (χ2n) is 4.49.